The van der Waals surface area contributed by atoms with Gasteiger partial charge in [0, 0.05) is 0 Å². The third-order valence-corrected chi connectivity index (χ3v) is 5.52. The van der Waals surface area contributed by atoms with E-state index < -0.39 is 0 Å². The number of rotatable bonds is 5. The Morgan fingerprint density at radius 3 is 2.76 bits per heavy atom. The second kappa shape index (κ2) is 6.61. The molecular weight excluding hydrogens is 332 g/mol. The Morgan fingerprint density at radius 2 is 2.04 bits per heavy atom. The first kappa shape index (κ1) is 15.7. The van der Waals surface area contributed by atoms with Gasteiger partial charge in [0.05, 0.1) is 16.9 Å². The van der Waals surface area contributed by atoms with Crippen LogP contribution in [0.25, 0.3) is 0 Å². The summed E-state index contributed by atoms with van der Waals surface area (Å²) in [5.41, 5.74) is 3.86. The van der Waals surface area contributed by atoms with Gasteiger partial charge in [-0.25, -0.2) is 4.98 Å². The summed E-state index contributed by atoms with van der Waals surface area (Å²) in [5.74, 6) is 0.761. The van der Waals surface area contributed by atoms with Gasteiger partial charge >= 0.3 is 0 Å². The molecule has 3 aromatic rings. The fourth-order valence-electron chi connectivity index (χ4n) is 3.03. The summed E-state index contributed by atoms with van der Waals surface area (Å²) in [5, 5.41) is 26.9. The van der Waals surface area contributed by atoms with E-state index >= 15 is 0 Å². The molecule has 1 fully saturated rings. The van der Waals surface area contributed by atoms with E-state index in [1.807, 2.05) is 36.4 Å². The highest BCUT2D eigenvalue weighted by Crippen LogP contribution is 2.49. The standard InChI is InChI=1S/C19H16N4OS/c20-10-13-3-1-2-4-15(13)18(25-19-21-11-22-23-19)16-8-7-14(24)9-17(16)12-5-6-12/h1-4,7-9,11-12,18,24H,5-6H2,(H,21,22,23). The van der Waals surface area contributed by atoms with Crippen LogP contribution in [0.15, 0.2) is 53.9 Å². The molecule has 1 unspecified atom stereocenters. The van der Waals surface area contributed by atoms with E-state index in [9.17, 15) is 10.4 Å². The molecule has 0 amide bonds. The Kier molecular flexibility index (Phi) is 4.16. The SMILES string of the molecule is N#Cc1ccccc1C(Sc1ncn[nH]1)c1ccc(O)cc1C1CC1. The van der Waals surface area contributed by atoms with E-state index in [1.165, 1.54) is 18.1 Å². The highest BCUT2D eigenvalue weighted by Gasteiger charge is 2.31. The molecule has 0 radical (unpaired) electrons. The average Bonchev–Trinajstić information content (AvgIpc) is 3.36. The van der Waals surface area contributed by atoms with Crippen molar-refractivity contribution < 1.29 is 5.11 Å². The first-order chi connectivity index (χ1) is 12.3. The molecule has 1 aromatic heterocycles. The maximum atomic E-state index is 9.94. The van der Waals surface area contributed by atoms with E-state index in [4.69, 9.17) is 0 Å². The summed E-state index contributed by atoms with van der Waals surface area (Å²) in [4.78, 5) is 4.23. The number of H-pyrrole nitrogens is 1. The molecule has 4 rings (SSSR count). The highest BCUT2D eigenvalue weighted by atomic mass is 32.2. The van der Waals surface area contributed by atoms with Gasteiger partial charge in [-0.15, -0.1) is 0 Å². The lowest BCUT2D eigenvalue weighted by Gasteiger charge is -2.21. The molecule has 1 saturated carbocycles. The lowest BCUT2D eigenvalue weighted by molar-refractivity contribution is 0.474. The number of nitrogens with zero attached hydrogens (tertiary/aromatic N) is 3. The highest BCUT2D eigenvalue weighted by molar-refractivity contribution is 7.99. The summed E-state index contributed by atoms with van der Waals surface area (Å²) in [7, 11) is 0. The van der Waals surface area contributed by atoms with Gasteiger partial charge in [-0.1, -0.05) is 36.0 Å². The molecule has 124 valence electrons. The van der Waals surface area contributed by atoms with Crippen LogP contribution in [0.5, 0.6) is 5.75 Å². The zero-order valence-electron chi connectivity index (χ0n) is 13.4. The van der Waals surface area contributed by atoms with Crippen molar-refractivity contribution >= 4 is 11.8 Å². The van der Waals surface area contributed by atoms with Crippen molar-refractivity contribution in [3.63, 3.8) is 0 Å². The predicted octanol–water partition coefficient (Wildman–Crippen LogP) is 4.14. The first-order valence-corrected chi connectivity index (χ1v) is 8.98. The fraction of sp³-hybridized carbons (Fsp3) is 0.211. The van der Waals surface area contributed by atoms with Crippen molar-refractivity contribution in [1.82, 2.24) is 15.2 Å². The normalized spacial score (nSPS) is 14.8. The molecule has 25 heavy (non-hydrogen) atoms. The number of phenolic OH excluding ortho intramolecular Hbond substituents is 1. The maximum absolute atomic E-state index is 9.94. The van der Waals surface area contributed by atoms with Gasteiger partial charge in [-0.05, 0) is 53.6 Å². The largest absolute Gasteiger partial charge is 0.508 e. The number of nitriles is 1. The summed E-state index contributed by atoms with van der Waals surface area (Å²) in [6.45, 7) is 0. The average molecular weight is 348 g/mol. The number of hydrogen-bond acceptors (Lipinski definition) is 5. The lowest BCUT2D eigenvalue weighted by Crippen LogP contribution is -2.04. The van der Waals surface area contributed by atoms with Crippen LogP contribution in [-0.2, 0) is 0 Å². The molecule has 1 aliphatic rings. The van der Waals surface area contributed by atoms with Crippen LogP contribution in [0.4, 0.5) is 0 Å². The van der Waals surface area contributed by atoms with Gasteiger partial charge in [0.1, 0.15) is 12.1 Å². The van der Waals surface area contributed by atoms with E-state index in [1.54, 1.807) is 6.07 Å². The lowest BCUT2D eigenvalue weighted by atomic mass is 9.94. The number of phenols is 1. The smallest absolute Gasteiger partial charge is 0.184 e. The number of aromatic amines is 1. The molecule has 0 aliphatic heterocycles. The second-order valence-corrected chi connectivity index (χ2v) is 7.17. The Balaban J connectivity index is 1.85. The van der Waals surface area contributed by atoms with Crippen LogP contribution in [0.1, 0.15) is 46.3 Å². The van der Waals surface area contributed by atoms with Crippen molar-refractivity contribution in [2.75, 3.05) is 0 Å². The number of aromatic hydroxyl groups is 1. The minimum Gasteiger partial charge on any atom is -0.508 e. The van der Waals surface area contributed by atoms with Crippen molar-refractivity contribution in [1.29, 1.82) is 5.26 Å². The number of thioether (sulfide) groups is 1. The minimum absolute atomic E-state index is 0.0972. The molecule has 6 heteroatoms. The second-order valence-electron chi connectivity index (χ2n) is 6.08. The van der Waals surface area contributed by atoms with Crippen LogP contribution in [-0.4, -0.2) is 20.3 Å². The van der Waals surface area contributed by atoms with E-state index in [-0.39, 0.29) is 11.0 Å². The Morgan fingerprint density at radius 1 is 1.20 bits per heavy atom. The van der Waals surface area contributed by atoms with Crippen molar-refractivity contribution in [2.45, 2.75) is 29.2 Å². The molecule has 5 nitrogen and oxygen atoms in total. The number of benzene rings is 2. The van der Waals surface area contributed by atoms with Gasteiger partial charge in [0.2, 0.25) is 0 Å². The summed E-state index contributed by atoms with van der Waals surface area (Å²) in [6, 6.07) is 15.5. The van der Waals surface area contributed by atoms with Gasteiger partial charge in [-0.2, -0.15) is 10.4 Å². The predicted molar refractivity (Wildman–Crippen MR) is 95.3 cm³/mol. The van der Waals surface area contributed by atoms with Gasteiger partial charge in [0.15, 0.2) is 5.16 Å². The topological polar surface area (TPSA) is 85.6 Å². The number of nitrogens with one attached hydrogen (secondary N) is 1. The van der Waals surface area contributed by atoms with Crippen molar-refractivity contribution in [3.05, 3.63) is 71.0 Å². The summed E-state index contributed by atoms with van der Waals surface area (Å²) >= 11 is 1.53. The first-order valence-electron chi connectivity index (χ1n) is 8.10. The number of hydrogen-bond donors (Lipinski definition) is 2. The molecule has 1 aliphatic carbocycles. The van der Waals surface area contributed by atoms with Crippen molar-refractivity contribution in [3.8, 4) is 11.8 Å². The Bertz CT molecular complexity index is 929. The zero-order valence-corrected chi connectivity index (χ0v) is 14.2. The Hall–Kier alpha value is -2.78. The van der Waals surface area contributed by atoms with E-state index in [2.05, 4.69) is 21.3 Å². The molecule has 0 saturated heterocycles. The molecule has 0 spiro atoms. The third kappa shape index (κ3) is 3.24. The van der Waals surface area contributed by atoms with Crippen LogP contribution in [0.2, 0.25) is 0 Å². The van der Waals surface area contributed by atoms with Gasteiger partial charge < -0.3 is 5.11 Å². The summed E-state index contributed by atoms with van der Waals surface area (Å²) < 4.78 is 0. The fourth-order valence-corrected chi connectivity index (χ4v) is 4.14. The molecule has 0 bridgehead atoms. The Labute approximate surface area is 149 Å². The summed E-state index contributed by atoms with van der Waals surface area (Å²) in [6.07, 6.45) is 3.75. The number of aromatic nitrogens is 3. The van der Waals surface area contributed by atoms with Gasteiger partial charge in [-0.3, -0.25) is 5.10 Å². The van der Waals surface area contributed by atoms with Crippen molar-refractivity contribution in [2.24, 2.45) is 0 Å². The quantitative estimate of drug-likeness (QED) is 0.677. The molecule has 1 heterocycles. The minimum atomic E-state index is -0.0972. The monoisotopic (exact) mass is 348 g/mol. The van der Waals surface area contributed by atoms with E-state index in [0.29, 0.717) is 16.6 Å². The van der Waals surface area contributed by atoms with Crippen LogP contribution in [0, 0.1) is 11.3 Å². The van der Waals surface area contributed by atoms with Crippen LogP contribution >= 0.6 is 11.8 Å². The van der Waals surface area contributed by atoms with Crippen LogP contribution in [0.3, 0.4) is 0 Å². The van der Waals surface area contributed by atoms with Crippen LogP contribution < -0.4 is 0 Å². The van der Waals surface area contributed by atoms with E-state index in [0.717, 1.165) is 29.5 Å². The molecule has 2 aromatic carbocycles. The molecule has 2 N–H and O–H groups in total. The zero-order chi connectivity index (χ0) is 17.2. The van der Waals surface area contributed by atoms with Gasteiger partial charge in [0.25, 0.3) is 0 Å². The molecular formula is C19H16N4OS. The molecule has 1 atom stereocenters. The third-order valence-electron chi connectivity index (χ3n) is 4.36. The maximum Gasteiger partial charge on any atom is 0.184 e.